The second-order valence-electron chi connectivity index (χ2n) is 6.73. The third kappa shape index (κ3) is 2.82. The number of urea groups is 1. The highest BCUT2D eigenvalue weighted by molar-refractivity contribution is 8.03. The maximum atomic E-state index is 13.3. The van der Waals surface area contributed by atoms with Crippen LogP contribution in [-0.4, -0.2) is 28.1 Å². The molecular weight excluding hydrogens is 344 g/mol. The first kappa shape index (κ1) is 16.9. The van der Waals surface area contributed by atoms with Crippen LogP contribution >= 0.6 is 11.8 Å². The summed E-state index contributed by atoms with van der Waals surface area (Å²) in [4.78, 5) is 29.5. The van der Waals surface area contributed by atoms with Crippen molar-refractivity contribution in [3.05, 3.63) is 76.7 Å². The molecule has 3 amide bonds. The van der Waals surface area contributed by atoms with Crippen LogP contribution in [0.15, 0.2) is 60.0 Å². The van der Waals surface area contributed by atoms with Crippen LogP contribution in [0.3, 0.4) is 0 Å². The molecule has 2 atom stereocenters. The first-order valence-electron chi connectivity index (χ1n) is 8.64. The van der Waals surface area contributed by atoms with Gasteiger partial charge in [0.15, 0.2) is 0 Å². The van der Waals surface area contributed by atoms with Gasteiger partial charge in [0.05, 0.1) is 11.7 Å². The lowest BCUT2D eigenvalue weighted by atomic mass is 10.0. The molecule has 2 heterocycles. The fourth-order valence-electron chi connectivity index (χ4n) is 3.44. The molecule has 2 aromatic carbocycles. The molecule has 26 heavy (non-hydrogen) atoms. The van der Waals surface area contributed by atoms with Crippen LogP contribution in [-0.2, 0) is 11.3 Å². The Hall–Kier alpha value is -2.53. The minimum absolute atomic E-state index is 0.135. The molecule has 0 radical (unpaired) electrons. The van der Waals surface area contributed by atoms with Crippen LogP contribution < -0.4 is 4.90 Å². The zero-order chi connectivity index (χ0) is 18.3. The van der Waals surface area contributed by atoms with E-state index in [0.717, 1.165) is 11.1 Å². The number of carbonyl (C=O) groups is 2. The number of thioether (sulfide) groups is 1. The molecule has 0 saturated carbocycles. The Morgan fingerprint density at radius 1 is 1.00 bits per heavy atom. The molecule has 1 fully saturated rings. The quantitative estimate of drug-likeness (QED) is 0.817. The second-order valence-corrected chi connectivity index (χ2v) is 7.78. The van der Waals surface area contributed by atoms with Gasteiger partial charge in [-0.05, 0) is 36.4 Å². The minimum atomic E-state index is -0.280. The van der Waals surface area contributed by atoms with Gasteiger partial charge in [0, 0.05) is 6.54 Å². The van der Waals surface area contributed by atoms with Crippen molar-refractivity contribution in [2.24, 2.45) is 0 Å². The summed E-state index contributed by atoms with van der Waals surface area (Å²) < 4.78 is 0. The fourth-order valence-corrected chi connectivity index (χ4v) is 4.48. The van der Waals surface area contributed by atoms with Crippen LogP contribution in [0.1, 0.15) is 16.7 Å². The topological polar surface area (TPSA) is 40.6 Å². The van der Waals surface area contributed by atoms with Gasteiger partial charge < -0.3 is 4.90 Å². The molecule has 0 aliphatic carbocycles. The predicted octanol–water partition coefficient (Wildman–Crippen LogP) is 4.27. The Bertz CT molecular complexity index is 891. The molecule has 5 heteroatoms. The van der Waals surface area contributed by atoms with E-state index in [1.54, 1.807) is 4.90 Å². The first-order valence-corrected chi connectivity index (χ1v) is 9.58. The van der Waals surface area contributed by atoms with E-state index in [-0.39, 0.29) is 23.2 Å². The van der Waals surface area contributed by atoms with E-state index < -0.39 is 0 Å². The average Bonchev–Trinajstić information content (AvgIpc) is 3.12. The maximum absolute atomic E-state index is 13.3. The number of anilines is 1. The van der Waals surface area contributed by atoms with Crippen LogP contribution in [0.25, 0.3) is 0 Å². The molecule has 2 aromatic rings. The smallest absolute Gasteiger partial charge is 0.312 e. The van der Waals surface area contributed by atoms with Gasteiger partial charge in [-0.2, -0.15) is 0 Å². The normalized spacial score (nSPS) is 22.1. The van der Waals surface area contributed by atoms with Gasteiger partial charge in [-0.1, -0.05) is 54.1 Å². The van der Waals surface area contributed by atoms with Gasteiger partial charge in [0.2, 0.25) is 0 Å². The summed E-state index contributed by atoms with van der Waals surface area (Å²) in [6.45, 7) is 4.45. The third-order valence-electron chi connectivity index (χ3n) is 4.90. The number of hydrogen-bond donors (Lipinski definition) is 0. The van der Waals surface area contributed by atoms with Crippen molar-refractivity contribution in [2.75, 3.05) is 4.90 Å². The highest BCUT2D eigenvalue weighted by Gasteiger charge is 2.48. The van der Waals surface area contributed by atoms with Gasteiger partial charge in [0.25, 0.3) is 5.91 Å². The average molecular weight is 364 g/mol. The standard InChI is InChI=1S/C21H20N2O2S/c1-14-7-9-16(10-8-14)13-22-18-11-12-26-19(18)20(24)23(21(22)25)17-6-4-3-5-15(17)2/h3-12,18-19H,13H2,1-2H3. The minimum Gasteiger partial charge on any atom is -0.312 e. The van der Waals surface area contributed by atoms with Gasteiger partial charge >= 0.3 is 6.03 Å². The molecule has 132 valence electrons. The SMILES string of the molecule is Cc1ccc(CN2C(=O)N(c3ccccc3C)C(=O)C3SC=CC32)cc1. The van der Waals surface area contributed by atoms with Crippen LogP contribution in [0.4, 0.5) is 10.5 Å². The van der Waals surface area contributed by atoms with Gasteiger partial charge in [-0.3, -0.25) is 4.79 Å². The Morgan fingerprint density at radius 3 is 2.46 bits per heavy atom. The number of nitrogens with zero attached hydrogens (tertiary/aromatic N) is 2. The molecule has 0 aromatic heterocycles. The fraction of sp³-hybridized carbons (Fsp3) is 0.238. The lowest BCUT2D eigenvalue weighted by Gasteiger charge is -2.41. The van der Waals surface area contributed by atoms with Crippen molar-refractivity contribution >= 4 is 29.4 Å². The van der Waals surface area contributed by atoms with Gasteiger partial charge in [0.1, 0.15) is 5.25 Å². The highest BCUT2D eigenvalue weighted by atomic mass is 32.2. The number of fused-ring (bicyclic) bond motifs is 1. The molecule has 2 aliphatic heterocycles. The summed E-state index contributed by atoms with van der Waals surface area (Å²) in [7, 11) is 0. The number of imide groups is 1. The summed E-state index contributed by atoms with van der Waals surface area (Å²) in [5, 5.41) is 1.65. The first-order chi connectivity index (χ1) is 12.6. The highest BCUT2D eigenvalue weighted by Crippen LogP contribution is 2.37. The summed E-state index contributed by atoms with van der Waals surface area (Å²) >= 11 is 1.49. The summed E-state index contributed by atoms with van der Waals surface area (Å²) in [5.74, 6) is -0.135. The van der Waals surface area contributed by atoms with Gasteiger partial charge in [-0.15, -0.1) is 11.8 Å². The number of benzene rings is 2. The van der Waals surface area contributed by atoms with E-state index in [2.05, 4.69) is 0 Å². The van der Waals surface area contributed by atoms with E-state index >= 15 is 0 Å². The van der Waals surface area contributed by atoms with Crippen molar-refractivity contribution < 1.29 is 9.59 Å². The lowest BCUT2D eigenvalue weighted by molar-refractivity contribution is -0.119. The molecule has 4 nitrogen and oxygen atoms in total. The Labute approximate surface area is 157 Å². The summed E-state index contributed by atoms with van der Waals surface area (Å²) in [5.41, 5.74) is 3.83. The molecule has 2 unspecified atom stereocenters. The number of para-hydroxylation sites is 1. The number of aryl methyl sites for hydroxylation is 2. The number of carbonyl (C=O) groups excluding carboxylic acids is 2. The van der Waals surface area contributed by atoms with Gasteiger partial charge in [-0.25, -0.2) is 9.69 Å². The number of hydrogen-bond acceptors (Lipinski definition) is 3. The zero-order valence-electron chi connectivity index (χ0n) is 14.8. The van der Waals surface area contributed by atoms with E-state index in [1.807, 2.05) is 73.9 Å². The number of rotatable bonds is 3. The lowest BCUT2D eigenvalue weighted by Crippen LogP contribution is -2.61. The Kier molecular flexibility index (Phi) is 4.32. The Balaban J connectivity index is 1.71. The van der Waals surface area contributed by atoms with Crippen molar-refractivity contribution in [1.82, 2.24) is 4.90 Å². The van der Waals surface area contributed by atoms with Crippen molar-refractivity contribution in [3.8, 4) is 0 Å². The maximum Gasteiger partial charge on any atom is 0.332 e. The largest absolute Gasteiger partial charge is 0.332 e. The molecule has 0 bridgehead atoms. The van der Waals surface area contributed by atoms with Crippen LogP contribution in [0.5, 0.6) is 0 Å². The Morgan fingerprint density at radius 2 is 1.73 bits per heavy atom. The summed E-state index contributed by atoms with van der Waals surface area (Å²) in [6.07, 6.45) is 1.97. The predicted molar refractivity (Wildman–Crippen MR) is 105 cm³/mol. The zero-order valence-corrected chi connectivity index (χ0v) is 15.6. The molecule has 4 rings (SSSR count). The van der Waals surface area contributed by atoms with Crippen molar-refractivity contribution in [3.63, 3.8) is 0 Å². The number of amides is 3. The molecule has 1 saturated heterocycles. The second kappa shape index (κ2) is 6.65. The third-order valence-corrected chi connectivity index (χ3v) is 5.99. The van der Waals surface area contributed by atoms with Crippen molar-refractivity contribution in [1.29, 1.82) is 0 Å². The monoisotopic (exact) mass is 364 g/mol. The van der Waals surface area contributed by atoms with E-state index in [0.29, 0.717) is 12.2 Å². The van der Waals surface area contributed by atoms with Crippen LogP contribution in [0, 0.1) is 13.8 Å². The van der Waals surface area contributed by atoms with E-state index in [1.165, 1.54) is 22.2 Å². The van der Waals surface area contributed by atoms with Crippen LogP contribution in [0.2, 0.25) is 0 Å². The van der Waals surface area contributed by atoms with E-state index in [4.69, 9.17) is 0 Å². The molecule has 0 spiro atoms. The van der Waals surface area contributed by atoms with Crippen molar-refractivity contribution in [2.45, 2.75) is 31.7 Å². The van der Waals surface area contributed by atoms with E-state index in [9.17, 15) is 9.59 Å². The molecule has 0 N–H and O–H groups in total. The molecular formula is C21H20N2O2S. The molecule has 2 aliphatic rings. The summed E-state index contributed by atoms with van der Waals surface area (Å²) in [6, 6.07) is 15.3.